The third-order valence-corrected chi connectivity index (χ3v) is 3.17. The molecule has 2 aromatic carbocycles. The van der Waals surface area contributed by atoms with Crippen molar-refractivity contribution in [2.24, 2.45) is 0 Å². The molecule has 0 aliphatic heterocycles. The Labute approximate surface area is 135 Å². The van der Waals surface area contributed by atoms with Crippen molar-refractivity contribution in [1.82, 2.24) is 5.32 Å². The maximum atomic E-state index is 12.1. The van der Waals surface area contributed by atoms with Crippen LogP contribution in [0.25, 0.3) is 0 Å². The summed E-state index contributed by atoms with van der Waals surface area (Å²) in [4.78, 5) is 23.3. The molecule has 120 valence electrons. The second-order valence-corrected chi connectivity index (χ2v) is 5.09. The lowest BCUT2D eigenvalue weighted by Gasteiger charge is -2.13. The van der Waals surface area contributed by atoms with Crippen LogP contribution in [0.1, 0.15) is 23.7 Å². The van der Waals surface area contributed by atoms with E-state index in [9.17, 15) is 9.59 Å². The van der Waals surface area contributed by atoms with Gasteiger partial charge in [0.15, 0.2) is 0 Å². The summed E-state index contributed by atoms with van der Waals surface area (Å²) in [5.41, 5.74) is 0.502. The van der Waals surface area contributed by atoms with Crippen LogP contribution in [0.15, 0.2) is 54.6 Å². The Morgan fingerprint density at radius 3 is 2.22 bits per heavy atom. The van der Waals surface area contributed by atoms with Crippen molar-refractivity contribution >= 4 is 11.9 Å². The highest BCUT2D eigenvalue weighted by Crippen LogP contribution is 2.21. The fourth-order valence-corrected chi connectivity index (χ4v) is 1.99. The minimum Gasteiger partial charge on any atom is -0.469 e. The summed E-state index contributed by atoms with van der Waals surface area (Å²) in [6.45, 7) is 1.75. The monoisotopic (exact) mass is 313 g/mol. The molecule has 1 atom stereocenters. The van der Waals surface area contributed by atoms with Gasteiger partial charge in [0.2, 0.25) is 0 Å². The first kappa shape index (κ1) is 16.5. The Kier molecular flexibility index (Phi) is 5.74. The molecule has 5 nitrogen and oxygen atoms in total. The molecule has 0 spiro atoms. The van der Waals surface area contributed by atoms with Gasteiger partial charge in [0, 0.05) is 11.6 Å². The van der Waals surface area contributed by atoms with Crippen LogP contribution < -0.4 is 10.1 Å². The zero-order valence-corrected chi connectivity index (χ0v) is 13.1. The molecule has 1 amide bonds. The number of benzene rings is 2. The van der Waals surface area contributed by atoms with Crippen molar-refractivity contribution < 1.29 is 19.1 Å². The summed E-state index contributed by atoms with van der Waals surface area (Å²) in [5.74, 6) is 0.781. The van der Waals surface area contributed by atoms with Gasteiger partial charge in [-0.15, -0.1) is 0 Å². The minimum atomic E-state index is -0.357. The van der Waals surface area contributed by atoms with Crippen molar-refractivity contribution in [3.63, 3.8) is 0 Å². The summed E-state index contributed by atoms with van der Waals surface area (Å²) in [6, 6.07) is 15.9. The third kappa shape index (κ3) is 5.14. The van der Waals surface area contributed by atoms with Crippen LogP contribution >= 0.6 is 0 Å². The molecule has 2 rings (SSSR count). The minimum absolute atomic E-state index is 0.136. The van der Waals surface area contributed by atoms with Crippen LogP contribution in [0.5, 0.6) is 11.5 Å². The van der Waals surface area contributed by atoms with Gasteiger partial charge in [-0.1, -0.05) is 18.2 Å². The van der Waals surface area contributed by atoms with Gasteiger partial charge >= 0.3 is 5.97 Å². The van der Waals surface area contributed by atoms with E-state index in [1.807, 2.05) is 30.3 Å². The Morgan fingerprint density at radius 1 is 1.00 bits per heavy atom. The third-order valence-electron chi connectivity index (χ3n) is 3.17. The van der Waals surface area contributed by atoms with Gasteiger partial charge in [-0.25, -0.2) is 0 Å². The molecule has 5 heteroatoms. The average Bonchev–Trinajstić information content (AvgIpc) is 2.56. The normalized spacial score (nSPS) is 11.4. The maximum absolute atomic E-state index is 12.1. The SMILES string of the molecule is COC(=O)CC(C)NC(=O)c1ccc(Oc2ccccc2)cc1. The molecule has 1 N–H and O–H groups in total. The molecular formula is C18H19NO4. The van der Waals surface area contributed by atoms with E-state index in [4.69, 9.17) is 4.74 Å². The van der Waals surface area contributed by atoms with Crippen LogP contribution in [0.2, 0.25) is 0 Å². The lowest BCUT2D eigenvalue weighted by atomic mass is 10.1. The number of methoxy groups -OCH3 is 1. The maximum Gasteiger partial charge on any atom is 0.307 e. The first-order chi connectivity index (χ1) is 11.1. The van der Waals surface area contributed by atoms with Gasteiger partial charge in [0.1, 0.15) is 11.5 Å². The number of hydrogen-bond acceptors (Lipinski definition) is 4. The molecule has 0 saturated heterocycles. The second kappa shape index (κ2) is 7.98. The Morgan fingerprint density at radius 2 is 1.61 bits per heavy atom. The van der Waals surface area contributed by atoms with Crippen LogP contribution in [0.3, 0.4) is 0 Å². The van der Waals surface area contributed by atoms with Gasteiger partial charge < -0.3 is 14.8 Å². The fraction of sp³-hybridized carbons (Fsp3) is 0.222. The van der Waals surface area contributed by atoms with E-state index in [0.717, 1.165) is 5.75 Å². The van der Waals surface area contributed by atoms with Crippen molar-refractivity contribution in [3.8, 4) is 11.5 Å². The van der Waals surface area contributed by atoms with Crippen molar-refractivity contribution in [3.05, 3.63) is 60.2 Å². The van der Waals surface area contributed by atoms with Crippen LogP contribution in [-0.4, -0.2) is 25.0 Å². The first-order valence-corrected chi connectivity index (χ1v) is 7.29. The van der Waals surface area contributed by atoms with Crippen molar-refractivity contribution in [2.45, 2.75) is 19.4 Å². The van der Waals surface area contributed by atoms with E-state index in [2.05, 4.69) is 10.1 Å². The fourth-order valence-electron chi connectivity index (χ4n) is 1.99. The largest absolute Gasteiger partial charge is 0.469 e. The van der Waals surface area contributed by atoms with E-state index in [-0.39, 0.29) is 24.3 Å². The topological polar surface area (TPSA) is 64.6 Å². The second-order valence-electron chi connectivity index (χ2n) is 5.09. The van der Waals surface area contributed by atoms with Gasteiger partial charge in [0.25, 0.3) is 5.91 Å². The predicted molar refractivity (Wildman–Crippen MR) is 86.5 cm³/mol. The molecule has 0 fully saturated rings. The average molecular weight is 313 g/mol. The van der Waals surface area contributed by atoms with Crippen LogP contribution in [0, 0.1) is 0 Å². The van der Waals surface area contributed by atoms with Crippen molar-refractivity contribution in [1.29, 1.82) is 0 Å². The molecule has 23 heavy (non-hydrogen) atoms. The number of para-hydroxylation sites is 1. The Balaban J connectivity index is 1.93. The molecule has 2 aromatic rings. The molecule has 0 bridgehead atoms. The van der Waals surface area contributed by atoms with Gasteiger partial charge in [-0.3, -0.25) is 9.59 Å². The highest BCUT2D eigenvalue weighted by Gasteiger charge is 2.13. The summed E-state index contributed by atoms with van der Waals surface area (Å²) in [7, 11) is 1.32. The molecule has 0 heterocycles. The number of hydrogen-bond donors (Lipinski definition) is 1. The lowest BCUT2D eigenvalue weighted by Crippen LogP contribution is -2.34. The zero-order valence-electron chi connectivity index (χ0n) is 13.1. The molecule has 0 saturated carbocycles. The number of carbonyl (C=O) groups is 2. The standard InChI is InChI=1S/C18H19NO4/c1-13(12-17(20)22-2)19-18(21)14-8-10-16(11-9-14)23-15-6-4-3-5-7-15/h3-11,13H,12H2,1-2H3,(H,19,21). The molecule has 0 radical (unpaired) electrons. The summed E-state index contributed by atoms with van der Waals surface area (Å²) in [6.07, 6.45) is 0.136. The molecule has 1 unspecified atom stereocenters. The molecular weight excluding hydrogens is 294 g/mol. The molecule has 0 aliphatic rings. The molecule has 0 aliphatic carbocycles. The van der Waals surface area contributed by atoms with E-state index in [1.54, 1.807) is 31.2 Å². The quantitative estimate of drug-likeness (QED) is 0.832. The van der Waals surface area contributed by atoms with E-state index >= 15 is 0 Å². The number of carbonyl (C=O) groups excluding carboxylic acids is 2. The number of nitrogens with one attached hydrogen (secondary N) is 1. The number of amides is 1. The van der Waals surface area contributed by atoms with Gasteiger partial charge in [0.05, 0.1) is 13.5 Å². The van der Waals surface area contributed by atoms with Crippen LogP contribution in [0.4, 0.5) is 0 Å². The highest BCUT2D eigenvalue weighted by molar-refractivity contribution is 5.94. The van der Waals surface area contributed by atoms with Crippen molar-refractivity contribution in [2.75, 3.05) is 7.11 Å². The van der Waals surface area contributed by atoms with Crippen LogP contribution in [-0.2, 0) is 9.53 Å². The molecule has 0 aromatic heterocycles. The Hall–Kier alpha value is -2.82. The summed E-state index contributed by atoms with van der Waals surface area (Å²) < 4.78 is 10.2. The number of rotatable bonds is 6. The van der Waals surface area contributed by atoms with Gasteiger partial charge in [-0.2, -0.15) is 0 Å². The highest BCUT2D eigenvalue weighted by atomic mass is 16.5. The lowest BCUT2D eigenvalue weighted by molar-refractivity contribution is -0.141. The number of esters is 1. The van der Waals surface area contributed by atoms with E-state index in [0.29, 0.717) is 11.3 Å². The number of ether oxygens (including phenoxy) is 2. The summed E-state index contributed by atoms with van der Waals surface area (Å²) >= 11 is 0. The predicted octanol–water partition coefficient (Wildman–Crippen LogP) is 3.16. The smallest absolute Gasteiger partial charge is 0.307 e. The first-order valence-electron chi connectivity index (χ1n) is 7.29. The van der Waals surface area contributed by atoms with Gasteiger partial charge in [-0.05, 0) is 43.3 Å². The van der Waals surface area contributed by atoms with E-state index in [1.165, 1.54) is 7.11 Å². The summed E-state index contributed by atoms with van der Waals surface area (Å²) in [5, 5.41) is 2.75. The Bertz CT molecular complexity index is 652. The van der Waals surface area contributed by atoms with E-state index < -0.39 is 0 Å². The zero-order chi connectivity index (χ0) is 16.7.